The second-order valence-electron chi connectivity index (χ2n) is 4.92. The van der Waals surface area contributed by atoms with Gasteiger partial charge in [0.1, 0.15) is 11.6 Å². The van der Waals surface area contributed by atoms with E-state index in [0.29, 0.717) is 11.1 Å². The number of aliphatic hydroxyl groups excluding tert-OH is 1. The fourth-order valence-corrected chi connectivity index (χ4v) is 2.11. The van der Waals surface area contributed by atoms with Crippen molar-refractivity contribution in [2.24, 2.45) is 0 Å². The van der Waals surface area contributed by atoms with Crippen LogP contribution in [0.4, 0.5) is 4.39 Å². The van der Waals surface area contributed by atoms with Gasteiger partial charge < -0.3 is 9.84 Å². The Bertz CT molecular complexity index is 690. The molecule has 0 radical (unpaired) electrons. The van der Waals surface area contributed by atoms with Crippen LogP contribution in [-0.4, -0.2) is 11.1 Å². The van der Waals surface area contributed by atoms with E-state index < -0.39 is 11.7 Å². The Hall–Kier alpha value is -2.62. The monoisotopic (exact) mass is 300 g/mol. The Morgan fingerprint density at radius 2 is 1.91 bits per heavy atom. The molecule has 0 aliphatic rings. The summed E-state index contributed by atoms with van der Waals surface area (Å²) in [5.74, 6) is -1.60. The lowest BCUT2D eigenvalue weighted by atomic mass is 10.0. The van der Waals surface area contributed by atoms with Gasteiger partial charge in [-0.05, 0) is 42.3 Å². The van der Waals surface area contributed by atoms with Crippen LogP contribution < -0.4 is 4.74 Å². The maximum atomic E-state index is 14.1. The van der Waals surface area contributed by atoms with E-state index in [0.717, 1.165) is 18.4 Å². The molecule has 0 aromatic heterocycles. The van der Waals surface area contributed by atoms with Crippen molar-refractivity contribution in [1.82, 2.24) is 0 Å². The zero-order valence-corrected chi connectivity index (χ0v) is 12.3. The van der Waals surface area contributed by atoms with Crippen molar-refractivity contribution in [2.75, 3.05) is 0 Å². The molecule has 1 N–H and O–H groups in total. The second kappa shape index (κ2) is 6.89. The first kappa shape index (κ1) is 15.8. The zero-order chi connectivity index (χ0) is 16.1. The van der Waals surface area contributed by atoms with Crippen LogP contribution in [0.1, 0.15) is 18.9 Å². The molecule has 0 saturated heterocycles. The molecule has 0 aliphatic heterocycles. The zero-order valence-electron chi connectivity index (χ0n) is 12.3. The lowest BCUT2D eigenvalue weighted by Gasteiger charge is -2.08. The lowest BCUT2D eigenvalue weighted by Crippen LogP contribution is -2.09. The summed E-state index contributed by atoms with van der Waals surface area (Å²) in [7, 11) is 0. The first-order chi connectivity index (χ1) is 10.5. The predicted molar refractivity (Wildman–Crippen MR) is 83.2 cm³/mol. The van der Waals surface area contributed by atoms with Gasteiger partial charge in [-0.3, -0.25) is 0 Å². The van der Waals surface area contributed by atoms with E-state index in [2.05, 4.69) is 6.58 Å². The summed E-state index contributed by atoms with van der Waals surface area (Å²) in [6, 6.07) is 11.6. The van der Waals surface area contributed by atoms with Crippen molar-refractivity contribution < 1.29 is 19.0 Å². The molecule has 114 valence electrons. The van der Waals surface area contributed by atoms with E-state index in [1.165, 1.54) is 12.1 Å². The molecule has 0 heterocycles. The van der Waals surface area contributed by atoms with Gasteiger partial charge in [0.15, 0.2) is 5.76 Å². The van der Waals surface area contributed by atoms with Gasteiger partial charge in [-0.1, -0.05) is 37.6 Å². The van der Waals surface area contributed by atoms with Gasteiger partial charge in [-0.15, -0.1) is 0 Å². The molecular formula is C18H17FO3. The Balaban J connectivity index is 2.20. The molecule has 0 unspecified atom stereocenters. The average molecular weight is 300 g/mol. The first-order valence-corrected chi connectivity index (χ1v) is 7.00. The van der Waals surface area contributed by atoms with Crippen molar-refractivity contribution in [1.29, 1.82) is 0 Å². The Morgan fingerprint density at radius 3 is 2.45 bits per heavy atom. The molecule has 2 aromatic rings. The minimum atomic E-state index is -0.914. The number of rotatable bonds is 5. The Morgan fingerprint density at radius 1 is 1.23 bits per heavy atom. The molecule has 0 amide bonds. The van der Waals surface area contributed by atoms with E-state index in [1.807, 2.05) is 13.0 Å². The fourth-order valence-electron chi connectivity index (χ4n) is 2.11. The largest absolute Gasteiger partial charge is 0.502 e. The summed E-state index contributed by atoms with van der Waals surface area (Å²) in [6.45, 7) is 5.13. The number of aliphatic hydroxyl groups is 1. The molecule has 0 saturated carbocycles. The molecule has 3 nitrogen and oxygen atoms in total. The highest BCUT2D eigenvalue weighted by molar-refractivity contribution is 5.86. The summed E-state index contributed by atoms with van der Waals surface area (Å²) in [6.07, 6.45) is 1.81. The van der Waals surface area contributed by atoms with E-state index in [4.69, 9.17) is 9.84 Å². The van der Waals surface area contributed by atoms with Crippen molar-refractivity contribution in [2.45, 2.75) is 19.8 Å². The minimum absolute atomic E-state index is 0.256. The topological polar surface area (TPSA) is 46.5 Å². The summed E-state index contributed by atoms with van der Waals surface area (Å²) < 4.78 is 19.0. The lowest BCUT2D eigenvalue weighted by molar-refractivity contribution is -0.132. The van der Waals surface area contributed by atoms with Crippen LogP contribution in [0.2, 0.25) is 0 Å². The third-order valence-electron chi connectivity index (χ3n) is 3.18. The van der Waals surface area contributed by atoms with Crippen LogP contribution in [0.5, 0.6) is 5.75 Å². The van der Waals surface area contributed by atoms with E-state index in [-0.39, 0.29) is 11.6 Å². The maximum Gasteiger partial charge on any atom is 0.378 e. The average Bonchev–Trinajstić information content (AvgIpc) is 2.49. The van der Waals surface area contributed by atoms with Gasteiger partial charge in [0.05, 0.1) is 0 Å². The number of aryl methyl sites for hydroxylation is 1. The van der Waals surface area contributed by atoms with Gasteiger partial charge in [-0.2, -0.15) is 0 Å². The predicted octanol–water partition coefficient (Wildman–Crippen LogP) is 4.42. The van der Waals surface area contributed by atoms with Gasteiger partial charge in [-0.25, -0.2) is 9.18 Å². The molecule has 0 aliphatic carbocycles. The van der Waals surface area contributed by atoms with Crippen molar-refractivity contribution in [3.8, 4) is 16.9 Å². The summed E-state index contributed by atoms with van der Waals surface area (Å²) in [5, 5.41) is 8.90. The van der Waals surface area contributed by atoms with Crippen LogP contribution in [0.15, 0.2) is 54.8 Å². The number of carbonyl (C=O) groups excluding carboxylic acids is 1. The molecule has 0 bridgehead atoms. The highest BCUT2D eigenvalue weighted by Crippen LogP contribution is 2.26. The molecule has 2 rings (SSSR count). The summed E-state index contributed by atoms with van der Waals surface area (Å²) >= 11 is 0. The molecule has 0 atom stereocenters. The number of hydrogen-bond donors (Lipinski definition) is 1. The smallest absolute Gasteiger partial charge is 0.378 e. The molecule has 4 heteroatoms. The van der Waals surface area contributed by atoms with Crippen LogP contribution in [0.25, 0.3) is 11.1 Å². The molecule has 2 aromatic carbocycles. The molecule has 22 heavy (non-hydrogen) atoms. The van der Waals surface area contributed by atoms with Gasteiger partial charge in [0.25, 0.3) is 0 Å². The molecule has 0 fully saturated rings. The number of halogens is 1. The van der Waals surface area contributed by atoms with Gasteiger partial charge >= 0.3 is 5.97 Å². The third kappa shape index (κ3) is 3.73. The van der Waals surface area contributed by atoms with Crippen LogP contribution in [0, 0.1) is 5.82 Å². The molecular weight excluding hydrogens is 283 g/mol. The number of carbonyl (C=O) groups is 1. The maximum absolute atomic E-state index is 14.1. The Labute approximate surface area is 128 Å². The van der Waals surface area contributed by atoms with Crippen molar-refractivity contribution in [3.63, 3.8) is 0 Å². The number of hydrogen-bond acceptors (Lipinski definition) is 3. The highest BCUT2D eigenvalue weighted by atomic mass is 19.1. The quantitative estimate of drug-likeness (QED) is 0.385. The Kier molecular flexibility index (Phi) is 4.94. The van der Waals surface area contributed by atoms with Crippen LogP contribution >= 0.6 is 0 Å². The van der Waals surface area contributed by atoms with E-state index >= 15 is 0 Å². The first-order valence-electron chi connectivity index (χ1n) is 7.00. The summed E-state index contributed by atoms with van der Waals surface area (Å²) in [5.41, 5.74) is 2.14. The summed E-state index contributed by atoms with van der Waals surface area (Å²) in [4.78, 5) is 11.2. The highest BCUT2D eigenvalue weighted by Gasteiger charge is 2.09. The van der Waals surface area contributed by atoms with Crippen LogP contribution in [0.3, 0.4) is 0 Å². The SMILES string of the molecule is C=C(O)C(=O)Oc1ccc(-c2ccc(CCC)cc2F)cc1. The van der Waals surface area contributed by atoms with Gasteiger partial charge in [0.2, 0.25) is 0 Å². The van der Waals surface area contributed by atoms with Crippen LogP contribution in [-0.2, 0) is 11.2 Å². The number of benzene rings is 2. The fraction of sp³-hybridized carbons (Fsp3) is 0.167. The van der Waals surface area contributed by atoms with E-state index in [1.54, 1.807) is 24.3 Å². The van der Waals surface area contributed by atoms with Gasteiger partial charge in [0, 0.05) is 5.56 Å². The normalized spacial score (nSPS) is 10.3. The molecule has 0 spiro atoms. The standard InChI is InChI=1S/C18H17FO3/c1-3-4-13-5-10-16(17(19)11-13)14-6-8-15(9-7-14)22-18(21)12(2)20/h5-11,20H,2-4H2,1H3. The van der Waals surface area contributed by atoms with Crippen molar-refractivity contribution in [3.05, 3.63) is 66.2 Å². The number of ether oxygens (including phenoxy) is 1. The second-order valence-corrected chi connectivity index (χ2v) is 4.92. The number of esters is 1. The van der Waals surface area contributed by atoms with E-state index in [9.17, 15) is 9.18 Å². The minimum Gasteiger partial charge on any atom is -0.502 e. The third-order valence-corrected chi connectivity index (χ3v) is 3.18. The van der Waals surface area contributed by atoms with Crippen molar-refractivity contribution >= 4 is 5.97 Å².